The van der Waals surface area contributed by atoms with E-state index in [4.69, 9.17) is 9.47 Å². The number of benzene rings is 3. The fourth-order valence-corrected chi connectivity index (χ4v) is 3.53. The first-order valence-corrected chi connectivity index (χ1v) is 10.5. The highest BCUT2D eigenvalue weighted by Crippen LogP contribution is 2.33. The van der Waals surface area contributed by atoms with Crippen molar-refractivity contribution in [1.29, 1.82) is 0 Å². The van der Waals surface area contributed by atoms with Crippen molar-refractivity contribution in [2.75, 3.05) is 13.7 Å². The van der Waals surface area contributed by atoms with Crippen molar-refractivity contribution in [1.82, 2.24) is 5.43 Å². The Morgan fingerprint density at radius 2 is 1.65 bits per heavy atom. The Balaban J connectivity index is 1.88. The van der Waals surface area contributed by atoms with E-state index in [1.165, 1.54) is 6.21 Å². The predicted molar refractivity (Wildman–Crippen MR) is 123 cm³/mol. The molecule has 1 amide bonds. The van der Waals surface area contributed by atoms with Crippen molar-refractivity contribution in [2.45, 2.75) is 12.5 Å². The van der Waals surface area contributed by atoms with Crippen LogP contribution in [0.4, 0.5) is 0 Å². The zero-order valence-electron chi connectivity index (χ0n) is 17.2. The van der Waals surface area contributed by atoms with Crippen LogP contribution in [-0.2, 0) is 10.4 Å². The van der Waals surface area contributed by atoms with Gasteiger partial charge in [0, 0.05) is 10.0 Å². The molecule has 0 atom stereocenters. The lowest BCUT2D eigenvalue weighted by Crippen LogP contribution is -2.43. The highest BCUT2D eigenvalue weighted by Gasteiger charge is 2.39. The molecular weight excluding hydrogens is 460 g/mol. The first-order chi connectivity index (χ1) is 15.0. The van der Waals surface area contributed by atoms with Gasteiger partial charge in [-0.2, -0.15) is 5.10 Å². The van der Waals surface area contributed by atoms with E-state index in [2.05, 4.69) is 26.5 Å². The first-order valence-electron chi connectivity index (χ1n) is 9.68. The molecule has 160 valence electrons. The van der Waals surface area contributed by atoms with Gasteiger partial charge < -0.3 is 14.6 Å². The van der Waals surface area contributed by atoms with Gasteiger partial charge in [-0.25, -0.2) is 5.43 Å². The van der Waals surface area contributed by atoms with Gasteiger partial charge in [0.1, 0.15) is 0 Å². The van der Waals surface area contributed by atoms with Crippen molar-refractivity contribution >= 4 is 28.1 Å². The summed E-state index contributed by atoms with van der Waals surface area (Å²) in [6, 6.07) is 21.0. The largest absolute Gasteiger partial charge is 0.493 e. The lowest BCUT2D eigenvalue weighted by molar-refractivity contribution is -0.136. The van der Waals surface area contributed by atoms with Gasteiger partial charge in [-0.3, -0.25) is 4.79 Å². The van der Waals surface area contributed by atoms with E-state index in [9.17, 15) is 9.90 Å². The standard InChI is InChI=1S/C24H23BrN2O4/c1-3-31-22-15-20(25)17(14-21(22)30-2)16-26-27-23(28)24(29,18-10-6-4-7-11-18)19-12-8-5-9-13-19/h4-16,29H,3H2,1-2H3,(H,27,28)/b26-16-. The molecule has 0 saturated heterocycles. The van der Waals surface area contributed by atoms with Gasteiger partial charge in [-0.05, 0) is 46.1 Å². The Morgan fingerprint density at radius 1 is 1.06 bits per heavy atom. The van der Waals surface area contributed by atoms with E-state index in [0.29, 0.717) is 34.8 Å². The van der Waals surface area contributed by atoms with Crippen LogP contribution in [0.15, 0.2) is 82.4 Å². The van der Waals surface area contributed by atoms with Crippen molar-refractivity contribution < 1.29 is 19.4 Å². The molecular formula is C24H23BrN2O4. The van der Waals surface area contributed by atoms with Crippen LogP contribution < -0.4 is 14.9 Å². The molecule has 0 bridgehead atoms. The van der Waals surface area contributed by atoms with Crippen LogP contribution in [0.1, 0.15) is 23.6 Å². The molecule has 0 aliphatic rings. The zero-order valence-corrected chi connectivity index (χ0v) is 18.8. The fraction of sp³-hybridized carbons (Fsp3) is 0.167. The molecule has 2 N–H and O–H groups in total. The Morgan fingerprint density at radius 3 is 2.16 bits per heavy atom. The lowest BCUT2D eigenvalue weighted by atomic mass is 9.85. The Hall–Kier alpha value is -3.16. The smallest absolute Gasteiger partial charge is 0.281 e. The van der Waals surface area contributed by atoms with E-state index in [1.54, 1.807) is 67.8 Å². The third kappa shape index (κ3) is 4.95. The average Bonchev–Trinajstić information content (AvgIpc) is 2.81. The summed E-state index contributed by atoms with van der Waals surface area (Å²) in [7, 11) is 1.55. The van der Waals surface area contributed by atoms with Crippen molar-refractivity contribution in [3.05, 3.63) is 94.0 Å². The van der Waals surface area contributed by atoms with Crippen molar-refractivity contribution in [3.63, 3.8) is 0 Å². The zero-order chi connectivity index (χ0) is 22.3. The summed E-state index contributed by atoms with van der Waals surface area (Å²) >= 11 is 3.47. The SMILES string of the molecule is CCOc1cc(Br)c(/C=N\NC(=O)C(O)(c2ccccc2)c2ccccc2)cc1OC. The Bertz CT molecular complexity index is 1020. The molecule has 0 saturated carbocycles. The number of rotatable bonds is 8. The fourth-order valence-electron chi connectivity index (χ4n) is 3.11. The van der Waals surface area contributed by atoms with Gasteiger partial charge in [-0.15, -0.1) is 0 Å². The number of nitrogens with one attached hydrogen (secondary N) is 1. The normalized spacial score (nSPS) is 11.4. The molecule has 0 aliphatic carbocycles. The van der Waals surface area contributed by atoms with E-state index in [1.807, 2.05) is 19.1 Å². The highest BCUT2D eigenvalue weighted by molar-refractivity contribution is 9.10. The molecule has 0 aliphatic heterocycles. The summed E-state index contributed by atoms with van der Waals surface area (Å²) < 4.78 is 11.6. The summed E-state index contributed by atoms with van der Waals surface area (Å²) in [5.41, 5.74) is 2.12. The molecule has 31 heavy (non-hydrogen) atoms. The van der Waals surface area contributed by atoms with E-state index >= 15 is 0 Å². The van der Waals surface area contributed by atoms with Gasteiger partial charge in [0.25, 0.3) is 5.91 Å². The van der Waals surface area contributed by atoms with Gasteiger partial charge in [0.15, 0.2) is 17.1 Å². The van der Waals surface area contributed by atoms with Gasteiger partial charge in [0.2, 0.25) is 0 Å². The van der Waals surface area contributed by atoms with Crippen LogP contribution in [0.2, 0.25) is 0 Å². The van der Waals surface area contributed by atoms with Crippen LogP contribution >= 0.6 is 15.9 Å². The summed E-state index contributed by atoms with van der Waals surface area (Å²) in [5, 5.41) is 15.5. The number of aliphatic hydroxyl groups is 1. The monoisotopic (exact) mass is 482 g/mol. The minimum absolute atomic E-state index is 0.442. The van der Waals surface area contributed by atoms with Crippen molar-refractivity contribution in [3.8, 4) is 11.5 Å². The third-order valence-corrected chi connectivity index (χ3v) is 5.35. The van der Waals surface area contributed by atoms with E-state index in [-0.39, 0.29) is 0 Å². The third-order valence-electron chi connectivity index (χ3n) is 4.66. The Kier molecular flexibility index (Phi) is 7.44. The maximum atomic E-state index is 13.1. The number of hydrogen-bond donors (Lipinski definition) is 2. The molecule has 3 aromatic rings. The quantitative estimate of drug-likeness (QED) is 0.371. The molecule has 0 unspecified atom stereocenters. The summed E-state index contributed by atoms with van der Waals surface area (Å²) in [5.74, 6) is 0.471. The molecule has 0 radical (unpaired) electrons. The lowest BCUT2D eigenvalue weighted by Gasteiger charge is -2.27. The van der Waals surface area contributed by atoms with E-state index < -0.39 is 11.5 Å². The summed E-state index contributed by atoms with van der Waals surface area (Å²) in [6.07, 6.45) is 1.47. The van der Waals surface area contributed by atoms with Crippen LogP contribution in [0.3, 0.4) is 0 Å². The minimum atomic E-state index is -1.90. The maximum Gasteiger partial charge on any atom is 0.281 e. The van der Waals surface area contributed by atoms with Crippen LogP contribution in [0.25, 0.3) is 0 Å². The number of hydrogen-bond acceptors (Lipinski definition) is 5. The van der Waals surface area contributed by atoms with Crippen LogP contribution in [-0.4, -0.2) is 30.9 Å². The van der Waals surface area contributed by atoms with Crippen LogP contribution in [0, 0.1) is 0 Å². The summed E-state index contributed by atoms with van der Waals surface area (Å²) in [4.78, 5) is 13.1. The molecule has 0 heterocycles. The molecule has 0 spiro atoms. The van der Waals surface area contributed by atoms with Gasteiger partial charge in [-0.1, -0.05) is 60.7 Å². The molecule has 3 rings (SSSR count). The number of amides is 1. The van der Waals surface area contributed by atoms with Gasteiger partial charge in [0.05, 0.1) is 19.9 Å². The predicted octanol–water partition coefficient (Wildman–Crippen LogP) is 4.24. The number of hydrazone groups is 1. The highest BCUT2D eigenvalue weighted by atomic mass is 79.9. The molecule has 7 heteroatoms. The van der Waals surface area contributed by atoms with Crippen LogP contribution in [0.5, 0.6) is 11.5 Å². The van der Waals surface area contributed by atoms with Gasteiger partial charge >= 0.3 is 0 Å². The molecule has 0 fully saturated rings. The second kappa shape index (κ2) is 10.2. The first kappa shape index (κ1) is 22.5. The second-order valence-electron chi connectivity index (χ2n) is 6.60. The average molecular weight is 483 g/mol. The molecule has 6 nitrogen and oxygen atoms in total. The maximum absolute atomic E-state index is 13.1. The van der Waals surface area contributed by atoms with Crippen molar-refractivity contribution in [2.24, 2.45) is 5.10 Å². The number of carbonyl (C=O) groups is 1. The number of nitrogens with zero attached hydrogens (tertiary/aromatic N) is 1. The number of halogens is 1. The topological polar surface area (TPSA) is 80.2 Å². The summed E-state index contributed by atoms with van der Waals surface area (Å²) in [6.45, 7) is 2.39. The number of carbonyl (C=O) groups excluding carboxylic acids is 1. The Labute approximate surface area is 189 Å². The van der Waals surface area contributed by atoms with E-state index in [0.717, 1.165) is 4.47 Å². The molecule has 3 aromatic carbocycles. The minimum Gasteiger partial charge on any atom is -0.493 e. The number of methoxy groups -OCH3 is 1. The number of ether oxygens (including phenoxy) is 2. The molecule has 0 aromatic heterocycles. The second-order valence-corrected chi connectivity index (χ2v) is 7.45.